The minimum atomic E-state index is -0.268. The van der Waals surface area contributed by atoms with Gasteiger partial charge in [-0.2, -0.15) is 5.10 Å². The third-order valence-electron chi connectivity index (χ3n) is 5.03. The second kappa shape index (κ2) is 6.70. The van der Waals surface area contributed by atoms with Gasteiger partial charge >= 0.3 is 0 Å². The summed E-state index contributed by atoms with van der Waals surface area (Å²) >= 11 is 9.57. The van der Waals surface area contributed by atoms with Crippen molar-refractivity contribution in [2.75, 3.05) is 0 Å². The van der Waals surface area contributed by atoms with Gasteiger partial charge in [0.05, 0.1) is 11.8 Å². The van der Waals surface area contributed by atoms with Gasteiger partial charge in [-0.25, -0.2) is 5.01 Å². The molecule has 0 radical (unpaired) electrons. The molecule has 0 fully saturated rings. The smallest absolute Gasteiger partial charge is 0.213 e. The van der Waals surface area contributed by atoms with E-state index >= 15 is 0 Å². The van der Waals surface area contributed by atoms with E-state index in [0.717, 1.165) is 33.5 Å². The van der Waals surface area contributed by atoms with E-state index in [4.69, 9.17) is 21.4 Å². The Morgan fingerprint density at radius 3 is 2.48 bits per heavy atom. The van der Waals surface area contributed by atoms with Crippen molar-refractivity contribution in [1.82, 2.24) is 5.01 Å². The molecular weight excluding hydrogens is 424 g/mol. The van der Waals surface area contributed by atoms with E-state index in [9.17, 15) is 0 Å². The third kappa shape index (κ3) is 3.03. The second-order valence-corrected chi connectivity index (χ2v) is 8.07. The van der Waals surface area contributed by atoms with E-state index < -0.39 is 0 Å². The zero-order valence-corrected chi connectivity index (χ0v) is 16.7. The van der Waals surface area contributed by atoms with Gasteiger partial charge in [0.25, 0.3) is 0 Å². The normalized spacial score (nSPS) is 20.5. The highest BCUT2D eigenvalue weighted by Crippen LogP contribution is 2.47. The Morgan fingerprint density at radius 1 is 0.963 bits per heavy atom. The first kappa shape index (κ1) is 16.8. The van der Waals surface area contributed by atoms with Gasteiger partial charge in [0.15, 0.2) is 0 Å². The third-order valence-corrected chi connectivity index (χ3v) is 5.81. The summed E-state index contributed by atoms with van der Waals surface area (Å²) in [5.41, 5.74) is 4.44. The van der Waals surface area contributed by atoms with Crippen LogP contribution in [0.25, 0.3) is 0 Å². The molecule has 0 aliphatic carbocycles. The molecule has 0 saturated heterocycles. The summed E-state index contributed by atoms with van der Waals surface area (Å²) in [6.07, 6.45) is 0.585. The van der Waals surface area contributed by atoms with Gasteiger partial charge in [0.2, 0.25) is 6.23 Å². The van der Waals surface area contributed by atoms with Crippen LogP contribution in [0.1, 0.15) is 35.4 Å². The van der Waals surface area contributed by atoms with Gasteiger partial charge in [-0.05, 0) is 35.9 Å². The second-order valence-electron chi connectivity index (χ2n) is 6.71. The average molecular weight is 440 g/mol. The predicted molar refractivity (Wildman–Crippen MR) is 111 cm³/mol. The Labute approximate surface area is 171 Å². The molecule has 0 aromatic heterocycles. The largest absolute Gasteiger partial charge is 0.464 e. The Kier molecular flexibility index (Phi) is 4.18. The monoisotopic (exact) mass is 438 g/mol. The number of para-hydroxylation sites is 1. The summed E-state index contributed by atoms with van der Waals surface area (Å²) in [6.45, 7) is 0. The summed E-state index contributed by atoms with van der Waals surface area (Å²) < 4.78 is 7.41. The van der Waals surface area contributed by atoms with Gasteiger partial charge in [-0.3, -0.25) is 0 Å². The lowest BCUT2D eigenvalue weighted by Gasteiger charge is -2.38. The van der Waals surface area contributed by atoms with Crippen molar-refractivity contribution in [3.63, 3.8) is 0 Å². The fourth-order valence-electron chi connectivity index (χ4n) is 3.70. The lowest BCUT2D eigenvalue weighted by Crippen LogP contribution is -2.33. The highest BCUT2D eigenvalue weighted by molar-refractivity contribution is 9.10. The molecule has 5 rings (SSSR count). The van der Waals surface area contributed by atoms with E-state index in [1.54, 1.807) is 0 Å². The number of hydrogen-bond donors (Lipinski definition) is 0. The van der Waals surface area contributed by atoms with E-state index in [-0.39, 0.29) is 12.3 Å². The molecule has 27 heavy (non-hydrogen) atoms. The van der Waals surface area contributed by atoms with Crippen molar-refractivity contribution < 1.29 is 4.74 Å². The van der Waals surface area contributed by atoms with Crippen LogP contribution in [0, 0.1) is 0 Å². The van der Waals surface area contributed by atoms with Crippen LogP contribution >= 0.6 is 27.5 Å². The molecule has 0 saturated carbocycles. The van der Waals surface area contributed by atoms with Crippen LogP contribution in [-0.2, 0) is 0 Å². The fraction of sp³-hybridized carbons (Fsp3) is 0.136. The number of hydrazone groups is 1. The molecule has 0 unspecified atom stereocenters. The Bertz CT molecular complexity index is 1020. The molecule has 0 spiro atoms. The molecule has 3 aromatic rings. The summed E-state index contributed by atoms with van der Waals surface area (Å²) in [6, 6.07) is 24.5. The summed E-state index contributed by atoms with van der Waals surface area (Å²) in [5.74, 6) is 0.922. The van der Waals surface area contributed by atoms with Gasteiger partial charge < -0.3 is 4.74 Å². The van der Waals surface area contributed by atoms with Crippen molar-refractivity contribution in [2.45, 2.75) is 18.7 Å². The van der Waals surface area contributed by atoms with Crippen LogP contribution in [-0.4, -0.2) is 10.7 Å². The molecule has 3 nitrogen and oxygen atoms in total. The molecule has 2 atom stereocenters. The Balaban J connectivity index is 1.58. The maximum absolute atomic E-state index is 6.34. The van der Waals surface area contributed by atoms with Gasteiger partial charge in [-0.1, -0.05) is 70.0 Å². The molecule has 2 aliphatic heterocycles. The van der Waals surface area contributed by atoms with E-state index in [2.05, 4.69) is 57.3 Å². The first-order valence-electron chi connectivity index (χ1n) is 8.82. The van der Waals surface area contributed by atoms with E-state index in [1.807, 2.05) is 36.4 Å². The topological polar surface area (TPSA) is 24.8 Å². The number of benzene rings is 3. The summed E-state index contributed by atoms with van der Waals surface area (Å²) in [4.78, 5) is 0. The summed E-state index contributed by atoms with van der Waals surface area (Å²) in [7, 11) is 0. The van der Waals surface area contributed by atoms with E-state index in [1.165, 1.54) is 5.56 Å². The van der Waals surface area contributed by atoms with Crippen LogP contribution in [0.2, 0.25) is 5.02 Å². The molecule has 134 valence electrons. The van der Waals surface area contributed by atoms with Crippen molar-refractivity contribution in [1.29, 1.82) is 0 Å². The minimum Gasteiger partial charge on any atom is -0.464 e. The van der Waals surface area contributed by atoms with Crippen LogP contribution < -0.4 is 4.74 Å². The highest BCUT2D eigenvalue weighted by Gasteiger charge is 2.40. The standard InChI is InChI=1S/C22H16BrClN2O/c23-16-9-5-14(6-10-16)19-13-20-18-3-1-2-4-21(18)27-22(26(20)25-19)15-7-11-17(24)12-8-15/h1-12,20,22H,13H2/t20-,22+/m0/s1. The molecule has 0 amide bonds. The quantitative estimate of drug-likeness (QED) is 0.465. The first-order valence-corrected chi connectivity index (χ1v) is 9.99. The number of ether oxygens (including phenoxy) is 1. The van der Waals surface area contributed by atoms with E-state index in [0.29, 0.717) is 5.02 Å². The zero-order valence-electron chi connectivity index (χ0n) is 14.3. The SMILES string of the molecule is Clc1ccc([C@H]2Oc3ccccc3[C@@H]3CC(c4ccc(Br)cc4)=NN23)cc1. The average Bonchev–Trinajstić information content (AvgIpc) is 3.14. The highest BCUT2D eigenvalue weighted by atomic mass is 79.9. The molecular formula is C22H16BrClN2O. The van der Waals surface area contributed by atoms with Crippen LogP contribution in [0.15, 0.2) is 82.4 Å². The van der Waals surface area contributed by atoms with Crippen LogP contribution in [0.5, 0.6) is 5.75 Å². The van der Waals surface area contributed by atoms with Gasteiger partial charge in [0, 0.05) is 27.0 Å². The van der Waals surface area contributed by atoms with Crippen LogP contribution in [0.3, 0.4) is 0 Å². The molecule has 0 N–H and O–H groups in total. The van der Waals surface area contributed by atoms with Crippen LogP contribution in [0.4, 0.5) is 0 Å². The molecule has 5 heteroatoms. The maximum Gasteiger partial charge on any atom is 0.213 e. The number of nitrogens with zero attached hydrogens (tertiary/aromatic N) is 2. The number of fused-ring (bicyclic) bond motifs is 3. The molecule has 0 bridgehead atoms. The van der Waals surface area contributed by atoms with Gasteiger partial charge in [-0.15, -0.1) is 0 Å². The van der Waals surface area contributed by atoms with Crippen molar-refractivity contribution in [3.05, 3.63) is 99.0 Å². The van der Waals surface area contributed by atoms with Crippen molar-refractivity contribution in [3.8, 4) is 5.75 Å². The number of hydrogen-bond acceptors (Lipinski definition) is 3. The number of rotatable bonds is 2. The molecule has 2 aliphatic rings. The molecule has 3 aromatic carbocycles. The molecule has 2 heterocycles. The van der Waals surface area contributed by atoms with Gasteiger partial charge in [0.1, 0.15) is 5.75 Å². The first-order chi connectivity index (χ1) is 13.2. The lowest BCUT2D eigenvalue weighted by molar-refractivity contribution is -0.0190. The summed E-state index contributed by atoms with van der Waals surface area (Å²) in [5, 5.41) is 7.77. The van der Waals surface area contributed by atoms with Crippen molar-refractivity contribution >= 4 is 33.2 Å². The Morgan fingerprint density at radius 2 is 1.70 bits per heavy atom. The maximum atomic E-state index is 6.34. The number of halogens is 2. The minimum absolute atomic E-state index is 0.161. The lowest BCUT2D eigenvalue weighted by atomic mass is 9.96. The predicted octanol–water partition coefficient (Wildman–Crippen LogP) is 6.34. The zero-order chi connectivity index (χ0) is 18.4. The fourth-order valence-corrected chi connectivity index (χ4v) is 4.09. The van der Waals surface area contributed by atoms with Crippen molar-refractivity contribution in [2.24, 2.45) is 5.10 Å². The Hall–Kier alpha value is -2.30.